The van der Waals surface area contributed by atoms with Crippen LogP contribution in [0.1, 0.15) is 5.56 Å². The SMILES string of the molecule is N#C/C(=C(/N)Sc1ccccc1N)c1cccc(Oc2ccccc2)c1. The first-order valence-corrected chi connectivity index (χ1v) is 8.74. The van der Waals surface area contributed by atoms with Gasteiger partial charge in [0.05, 0.1) is 10.6 Å². The fourth-order valence-electron chi connectivity index (χ4n) is 2.34. The lowest BCUT2D eigenvalue weighted by Crippen LogP contribution is -1.99. The van der Waals surface area contributed by atoms with Crippen molar-refractivity contribution >= 4 is 23.0 Å². The van der Waals surface area contributed by atoms with Crippen molar-refractivity contribution < 1.29 is 4.74 Å². The predicted octanol–water partition coefficient (Wildman–Crippen LogP) is 5.00. The quantitative estimate of drug-likeness (QED) is 0.380. The van der Waals surface area contributed by atoms with Gasteiger partial charge in [0.25, 0.3) is 0 Å². The maximum Gasteiger partial charge on any atom is 0.128 e. The smallest absolute Gasteiger partial charge is 0.128 e. The van der Waals surface area contributed by atoms with Crippen LogP contribution in [0.3, 0.4) is 0 Å². The molecule has 128 valence electrons. The number of thioether (sulfide) groups is 1. The van der Waals surface area contributed by atoms with Gasteiger partial charge in [0, 0.05) is 10.6 Å². The van der Waals surface area contributed by atoms with E-state index in [-0.39, 0.29) is 0 Å². The molecule has 0 saturated carbocycles. The lowest BCUT2D eigenvalue weighted by Gasteiger charge is -2.10. The van der Waals surface area contributed by atoms with Crippen molar-refractivity contribution in [2.75, 3.05) is 5.73 Å². The van der Waals surface area contributed by atoms with E-state index in [2.05, 4.69) is 6.07 Å². The fourth-order valence-corrected chi connectivity index (χ4v) is 3.18. The van der Waals surface area contributed by atoms with Crippen molar-refractivity contribution in [2.45, 2.75) is 4.90 Å². The Morgan fingerprint density at radius 3 is 2.31 bits per heavy atom. The standard InChI is InChI=1S/C21H17N3OS/c22-14-18(21(24)26-20-12-5-4-11-19(20)23)15-7-6-10-17(13-15)25-16-8-2-1-3-9-16/h1-13H,23-24H2/b21-18+. The van der Waals surface area contributed by atoms with E-state index >= 15 is 0 Å². The molecule has 0 unspecified atom stereocenters. The van der Waals surface area contributed by atoms with E-state index in [1.54, 1.807) is 12.1 Å². The third-order valence-corrected chi connectivity index (χ3v) is 4.61. The Bertz CT molecular complexity index is 978. The number of anilines is 1. The van der Waals surface area contributed by atoms with E-state index in [4.69, 9.17) is 16.2 Å². The summed E-state index contributed by atoms with van der Waals surface area (Å²) in [6, 6.07) is 26.4. The van der Waals surface area contributed by atoms with Crippen molar-refractivity contribution in [3.63, 3.8) is 0 Å². The van der Waals surface area contributed by atoms with Crippen LogP contribution >= 0.6 is 11.8 Å². The molecule has 0 bridgehead atoms. The van der Waals surface area contributed by atoms with Crippen molar-refractivity contribution in [2.24, 2.45) is 5.73 Å². The Morgan fingerprint density at radius 2 is 1.58 bits per heavy atom. The van der Waals surface area contributed by atoms with E-state index in [1.165, 1.54) is 11.8 Å². The first-order valence-electron chi connectivity index (χ1n) is 7.93. The van der Waals surface area contributed by atoms with Gasteiger partial charge in [-0.2, -0.15) is 5.26 Å². The van der Waals surface area contributed by atoms with E-state index < -0.39 is 0 Å². The van der Waals surface area contributed by atoms with Crippen LogP contribution in [-0.2, 0) is 0 Å². The van der Waals surface area contributed by atoms with Gasteiger partial charge in [0.15, 0.2) is 0 Å². The minimum Gasteiger partial charge on any atom is -0.457 e. The van der Waals surface area contributed by atoms with Crippen molar-refractivity contribution in [3.8, 4) is 17.6 Å². The highest BCUT2D eigenvalue weighted by Gasteiger charge is 2.11. The Morgan fingerprint density at radius 1 is 0.885 bits per heavy atom. The molecule has 0 spiro atoms. The number of hydrogen-bond acceptors (Lipinski definition) is 5. The van der Waals surface area contributed by atoms with Crippen LogP contribution in [-0.4, -0.2) is 0 Å². The molecule has 0 saturated heterocycles. The predicted molar refractivity (Wildman–Crippen MR) is 106 cm³/mol. The lowest BCUT2D eigenvalue weighted by molar-refractivity contribution is 0.482. The topological polar surface area (TPSA) is 85.1 Å². The summed E-state index contributed by atoms with van der Waals surface area (Å²) in [6.45, 7) is 0. The van der Waals surface area contributed by atoms with Gasteiger partial charge in [0.1, 0.15) is 17.6 Å². The van der Waals surface area contributed by atoms with Crippen LogP contribution in [0.2, 0.25) is 0 Å². The first-order chi connectivity index (χ1) is 12.7. The van der Waals surface area contributed by atoms with Crippen LogP contribution in [0.4, 0.5) is 5.69 Å². The van der Waals surface area contributed by atoms with Gasteiger partial charge >= 0.3 is 0 Å². The summed E-state index contributed by atoms with van der Waals surface area (Å²) >= 11 is 1.28. The molecule has 5 heteroatoms. The molecule has 0 aromatic heterocycles. The second-order valence-electron chi connectivity index (χ2n) is 5.43. The number of allylic oxidation sites excluding steroid dienone is 1. The molecule has 3 aromatic carbocycles. The molecular weight excluding hydrogens is 342 g/mol. The number of benzene rings is 3. The second-order valence-corrected chi connectivity index (χ2v) is 6.52. The Balaban J connectivity index is 1.89. The molecule has 0 aliphatic rings. The molecule has 4 N–H and O–H groups in total. The van der Waals surface area contributed by atoms with Crippen molar-refractivity contribution in [1.82, 2.24) is 0 Å². The number of rotatable bonds is 5. The van der Waals surface area contributed by atoms with Crippen LogP contribution in [0.25, 0.3) is 5.57 Å². The Kier molecular flexibility index (Phi) is 5.47. The molecule has 0 fully saturated rings. The molecule has 3 rings (SSSR count). The first kappa shape index (κ1) is 17.5. The monoisotopic (exact) mass is 359 g/mol. The summed E-state index contributed by atoms with van der Waals surface area (Å²) < 4.78 is 5.83. The van der Waals surface area contributed by atoms with Crippen molar-refractivity contribution in [3.05, 3.63) is 89.5 Å². The normalized spacial score (nSPS) is 11.3. The third kappa shape index (κ3) is 4.18. The molecule has 0 atom stereocenters. The number of ether oxygens (including phenoxy) is 1. The second kappa shape index (κ2) is 8.15. The van der Waals surface area contributed by atoms with E-state index in [0.717, 1.165) is 10.6 Å². The molecule has 26 heavy (non-hydrogen) atoms. The number of nitriles is 1. The third-order valence-electron chi connectivity index (χ3n) is 3.60. The number of nitrogens with zero attached hydrogens (tertiary/aromatic N) is 1. The zero-order chi connectivity index (χ0) is 18.4. The van der Waals surface area contributed by atoms with Crippen LogP contribution in [0, 0.1) is 11.3 Å². The zero-order valence-corrected chi connectivity index (χ0v) is 14.7. The molecule has 0 radical (unpaired) electrons. The Hall–Kier alpha value is -3.36. The minimum atomic E-state index is 0.386. The minimum absolute atomic E-state index is 0.386. The number of hydrogen-bond donors (Lipinski definition) is 2. The summed E-state index contributed by atoms with van der Waals surface area (Å²) in [7, 11) is 0. The molecule has 0 heterocycles. The van der Waals surface area contributed by atoms with Crippen LogP contribution < -0.4 is 16.2 Å². The van der Waals surface area contributed by atoms with Gasteiger partial charge in [-0.05, 0) is 42.0 Å². The Labute approximate surface area is 156 Å². The number of nitrogen functional groups attached to an aromatic ring is 1. The van der Waals surface area contributed by atoms with Gasteiger partial charge in [-0.3, -0.25) is 0 Å². The molecule has 4 nitrogen and oxygen atoms in total. The largest absolute Gasteiger partial charge is 0.457 e. The summed E-state index contributed by atoms with van der Waals surface area (Å²) in [5.74, 6) is 1.37. The average Bonchev–Trinajstić information content (AvgIpc) is 2.65. The highest BCUT2D eigenvalue weighted by molar-refractivity contribution is 8.03. The summed E-state index contributed by atoms with van der Waals surface area (Å²) in [5.41, 5.74) is 13.8. The lowest BCUT2D eigenvalue weighted by atomic mass is 10.1. The summed E-state index contributed by atoms with van der Waals surface area (Å²) in [4.78, 5) is 0.814. The maximum absolute atomic E-state index is 9.60. The molecule has 0 aliphatic carbocycles. The molecular formula is C21H17N3OS. The summed E-state index contributed by atoms with van der Waals surface area (Å²) in [6.07, 6.45) is 0. The van der Waals surface area contributed by atoms with Gasteiger partial charge in [-0.25, -0.2) is 0 Å². The van der Waals surface area contributed by atoms with E-state index in [1.807, 2.05) is 66.7 Å². The van der Waals surface area contributed by atoms with E-state index in [9.17, 15) is 5.26 Å². The van der Waals surface area contributed by atoms with Crippen LogP contribution in [0.15, 0.2) is 88.8 Å². The average molecular weight is 359 g/mol. The maximum atomic E-state index is 9.60. The number of para-hydroxylation sites is 2. The highest BCUT2D eigenvalue weighted by Crippen LogP contribution is 2.33. The zero-order valence-electron chi connectivity index (χ0n) is 13.9. The number of nitrogens with two attached hydrogens (primary N) is 2. The molecule has 0 amide bonds. The highest BCUT2D eigenvalue weighted by atomic mass is 32.2. The van der Waals surface area contributed by atoms with Gasteiger partial charge in [-0.1, -0.05) is 54.2 Å². The van der Waals surface area contributed by atoms with Gasteiger partial charge < -0.3 is 16.2 Å². The van der Waals surface area contributed by atoms with Gasteiger partial charge in [-0.15, -0.1) is 0 Å². The fraction of sp³-hybridized carbons (Fsp3) is 0. The molecule has 0 aliphatic heterocycles. The van der Waals surface area contributed by atoms with Crippen LogP contribution in [0.5, 0.6) is 11.5 Å². The molecule has 3 aromatic rings. The van der Waals surface area contributed by atoms with Crippen molar-refractivity contribution in [1.29, 1.82) is 5.26 Å². The summed E-state index contributed by atoms with van der Waals surface area (Å²) in [5, 5.41) is 10.00. The van der Waals surface area contributed by atoms with E-state index in [0.29, 0.717) is 27.6 Å². The van der Waals surface area contributed by atoms with Gasteiger partial charge in [0.2, 0.25) is 0 Å².